The summed E-state index contributed by atoms with van der Waals surface area (Å²) in [7, 11) is 1.48. The summed E-state index contributed by atoms with van der Waals surface area (Å²) in [6.07, 6.45) is 0.448. The van der Waals surface area contributed by atoms with Crippen LogP contribution < -0.4 is 4.74 Å². The van der Waals surface area contributed by atoms with Gasteiger partial charge in [-0.3, -0.25) is 9.59 Å². The fraction of sp³-hybridized carbons (Fsp3) is 0.167. The van der Waals surface area contributed by atoms with Gasteiger partial charge in [-0.25, -0.2) is 4.39 Å². The van der Waals surface area contributed by atoms with E-state index in [2.05, 4.69) is 0 Å². The van der Waals surface area contributed by atoms with E-state index in [0.717, 1.165) is 10.4 Å². The average Bonchev–Trinajstić information content (AvgIpc) is 3.40. The van der Waals surface area contributed by atoms with E-state index in [1.165, 1.54) is 35.5 Å². The van der Waals surface area contributed by atoms with Gasteiger partial charge in [-0.2, -0.15) is 0 Å². The molecule has 7 heteroatoms. The molecule has 1 unspecified atom stereocenters. The largest absolute Gasteiger partial charge is 0.507 e. The van der Waals surface area contributed by atoms with Gasteiger partial charge in [-0.1, -0.05) is 30.3 Å². The lowest BCUT2D eigenvalue weighted by Gasteiger charge is -2.24. The molecule has 158 valence electrons. The van der Waals surface area contributed by atoms with Crippen molar-refractivity contribution in [3.05, 3.63) is 93.4 Å². The van der Waals surface area contributed by atoms with Crippen LogP contribution in [0, 0.1) is 5.82 Å². The smallest absolute Gasteiger partial charge is 0.295 e. The highest BCUT2D eigenvalue weighted by atomic mass is 32.1. The molecule has 5 nitrogen and oxygen atoms in total. The first-order valence-corrected chi connectivity index (χ1v) is 10.6. The number of aliphatic hydroxyl groups excluding tert-OH is 1. The highest BCUT2D eigenvalue weighted by Crippen LogP contribution is 2.42. The molecule has 1 saturated heterocycles. The highest BCUT2D eigenvalue weighted by molar-refractivity contribution is 7.10. The van der Waals surface area contributed by atoms with Gasteiger partial charge >= 0.3 is 0 Å². The van der Waals surface area contributed by atoms with Crippen molar-refractivity contribution in [2.75, 3.05) is 13.7 Å². The Kier molecular flexibility index (Phi) is 5.86. The number of thiophene rings is 1. The second kappa shape index (κ2) is 8.73. The topological polar surface area (TPSA) is 66.8 Å². The molecule has 0 spiro atoms. The SMILES string of the molecule is COc1ccccc1/C(O)=C1/C(=O)C(=O)N(CCc2ccc(F)cc2)C1c1cccs1. The Morgan fingerprint density at radius 1 is 1.10 bits per heavy atom. The van der Waals surface area contributed by atoms with E-state index < -0.39 is 17.7 Å². The first kappa shape index (κ1) is 20.8. The molecule has 31 heavy (non-hydrogen) atoms. The molecule has 2 aromatic carbocycles. The number of ketones is 1. The van der Waals surface area contributed by atoms with Gasteiger partial charge in [0.15, 0.2) is 0 Å². The zero-order valence-corrected chi connectivity index (χ0v) is 17.6. The Balaban J connectivity index is 1.75. The number of hydrogen-bond acceptors (Lipinski definition) is 5. The fourth-order valence-corrected chi connectivity index (χ4v) is 4.58. The Hall–Kier alpha value is -3.45. The number of methoxy groups -OCH3 is 1. The second-order valence-corrected chi connectivity index (χ2v) is 8.06. The molecule has 1 amide bonds. The van der Waals surface area contributed by atoms with E-state index in [0.29, 0.717) is 17.7 Å². The van der Waals surface area contributed by atoms with E-state index in [1.54, 1.807) is 36.4 Å². The third-order valence-corrected chi connectivity index (χ3v) is 6.19. The van der Waals surface area contributed by atoms with Crippen LogP contribution >= 0.6 is 11.3 Å². The fourth-order valence-electron chi connectivity index (χ4n) is 3.74. The molecule has 1 aliphatic heterocycles. The van der Waals surface area contributed by atoms with Gasteiger partial charge in [-0.05, 0) is 47.7 Å². The van der Waals surface area contributed by atoms with Gasteiger partial charge in [0.1, 0.15) is 17.3 Å². The van der Waals surface area contributed by atoms with E-state index >= 15 is 0 Å². The van der Waals surface area contributed by atoms with Gasteiger partial charge in [0.05, 0.1) is 24.3 Å². The number of nitrogens with zero attached hydrogens (tertiary/aromatic N) is 1. The molecule has 0 aliphatic carbocycles. The predicted octanol–water partition coefficient (Wildman–Crippen LogP) is 4.56. The first-order valence-electron chi connectivity index (χ1n) is 9.71. The number of para-hydroxylation sites is 1. The standard InChI is InChI=1S/C24H20FNO4S/c1-30-18-6-3-2-5-17(18)22(27)20-21(19-7-4-14-31-19)26(24(29)23(20)28)13-12-15-8-10-16(25)11-9-15/h2-11,14,21,27H,12-13H2,1H3/b22-20-. The first-order chi connectivity index (χ1) is 15.0. The quantitative estimate of drug-likeness (QED) is 0.349. The molecule has 0 bridgehead atoms. The highest BCUT2D eigenvalue weighted by Gasteiger charge is 2.46. The van der Waals surface area contributed by atoms with Crippen LogP contribution in [0.15, 0.2) is 71.6 Å². The zero-order valence-electron chi connectivity index (χ0n) is 16.7. The molecular formula is C24H20FNO4S. The van der Waals surface area contributed by atoms with Crippen molar-refractivity contribution in [3.8, 4) is 5.75 Å². The van der Waals surface area contributed by atoms with Crippen LogP contribution in [0.5, 0.6) is 5.75 Å². The number of ether oxygens (including phenoxy) is 1. The summed E-state index contributed by atoms with van der Waals surface area (Å²) in [6, 6.07) is 15.8. The molecule has 0 radical (unpaired) electrons. The molecule has 4 rings (SSSR count). The molecule has 1 aliphatic rings. The van der Waals surface area contributed by atoms with Crippen LogP contribution in [0.2, 0.25) is 0 Å². The molecule has 1 fully saturated rings. The van der Waals surface area contributed by atoms with Crippen molar-refractivity contribution in [2.24, 2.45) is 0 Å². The van der Waals surface area contributed by atoms with E-state index in [9.17, 15) is 19.1 Å². The zero-order chi connectivity index (χ0) is 22.0. The predicted molar refractivity (Wildman–Crippen MR) is 116 cm³/mol. The minimum atomic E-state index is -0.735. The van der Waals surface area contributed by atoms with Crippen LogP contribution in [0.1, 0.15) is 22.0 Å². The van der Waals surface area contributed by atoms with Crippen molar-refractivity contribution < 1.29 is 23.8 Å². The van der Waals surface area contributed by atoms with Crippen molar-refractivity contribution in [2.45, 2.75) is 12.5 Å². The Morgan fingerprint density at radius 2 is 1.84 bits per heavy atom. The average molecular weight is 437 g/mol. The van der Waals surface area contributed by atoms with Crippen molar-refractivity contribution in [3.63, 3.8) is 0 Å². The molecular weight excluding hydrogens is 417 g/mol. The summed E-state index contributed by atoms with van der Waals surface area (Å²) in [5.41, 5.74) is 1.23. The number of carbonyl (C=O) groups excluding carboxylic acids is 2. The Bertz CT molecular complexity index is 1140. The summed E-state index contributed by atoms with van der Waals surface area (Å²) in [5, 5.41) is 12.9. The molecule has 0 saturated carbocycles. The van der Waals surface area contributed by atoms with Crippen LogP contribution in [0.3, 0.4) is 0 Å². The maximum Gasteiger partial charge on any atom is 0.295 e. The normalized spacial score (nSPS) is 17.9. The van der Waals surface area contributed by atoms with Crippen LogP contribution in [-0.4, -0.2) is 35.4 Å². The lowest BCUT2D eigenvalue weighted by Crippen LogP contribution is -2.31. The van der Waals surface area contributed by atoms with Crippen molar-refractivity contribution in [1.82, 2.24) is 4.90 Å². The minimum Gasteiger partial charge on any atom is -0.507 e. The number of halogens is 1. The summed E-state index contributed by atoms with van der Waals surface area (Å²) < 4.78 is 18.5. The summed E-state index contributed by atoms with van der Waals surface area (Å²) in [4.78, 5) is 28.2. The monoisotopic (exact) mass is 437 g/mol. The van der Waals surface area contributed by atoms with Crippen molar-refractivity contribution in [1.29, 1.82) is 0 Å². The number of aliphatic hydroxyl groups is 1. The van der Waals surface area contributed by atoms with Gasteiger partial charge in [0, 0.05) is 11.4 Å². The molecule has 1 aromatic heterocycles. The summed E-state index contributed by atoms with van der Waals surface area (Å²) >= 11 is 1.41. The van der Waals surface area contributed by atoms with Crippen LogP contribution in [0.25, 0.3) is 5.76 Å². The number of rotatable bonds is 6. The molecule has 3 aromatic rings. The van der Waals surface area contributed by atoms with Crippen molar-refractivity contribution >= 4 is 28.8 Å². The molecule has 1 N–H and O–H groups in total. The molecule has 1 atom stereocenters. The summed E-state index contributed by atoms with van der Waals surface area (Å²) in [5.74, 6) is -1.60. The number of hydrogen-bond donors (Lipinski definition) is 1. The number of carbonyl (C=O) groups is 2. The Morgan fingerprint density at radius 3 is 2.52 bits per heavy atom. The van der Waals surface area contributed by atoms with E-state index in [4.69, 9.17) is 4.74 Å². The third-order valence-electron chi connectivity index (χ3n) is 5.27. The number of likely N-dealkylation sites (tertiary alicyclic amines) is 1. The number of benzene rings is 2. The van der Waals surface area contributed by atoms with Gasteiger partial charge in [0.25, 0.3) is 11.7 Å². The summed E-state index contributed by atoms with van der Waals surface area (Å²) in [6.45, 7) is 0.251. The van der Waals surface area contributed by atoms with Crippen LogP contribution in [-0.2, 0) is 16.0 Å². The third kappa shape index (κ3) is 3.96. The van der Waals surface area contributed by atoms with E-state index in [1.807, 2.05) is 17.5 Å². The van der Waals surface area contributed by atoms with E-state index in [-0.39, 0.29) is 23.7 Å². The Labute approximate surface area is 183 Å². The van der Waals surface area contributed by atoms with Crippen LogP contribution in [0.4, 0.5) is 4.39 Å². The minimum absolute atomic E-state index is 0.0380. The number of amides is 1. The van der Waals surface area contributed by atoms with Gasteiger partial charge in [-0.15, -0.1) is 11.3 Å². The number of Topliss-reactive ketones (excluding diaryl/α,β-unsaturated/α-hetero) is 1. The lowest BCUT2D eigenvalue weighted by atomic mass is 9.99. The second-order valence-electron chi connectivity index (χ2n) is 7.08. The van der Waals surface area contributed by atoms with Gasteiger partial charge in [0.2, 0.25) is 0 Å². The maximum absolute atomic E-state index is 13.2. The van der Waals surface area contributed by atoms with Gasteiger partial charge < -0.3 is 14.7 Å². The maximum atomic E-state index is 13.2. The lowest BCUT2D eigenvalue weighted by molar-refractivity contribution is -0.139. The molecule has 2 heterocycles.